The van der Waals surface area contributed by atoms with Crippen LogP contribution >= 0.6 is 0 Å². The lowest BCUT2D eigenvalue weighted by Gasteiger charge is -2.09. The number of carboxylic acids is 1. The van der Waals surface area contributed by atoms with Gasteiger partial charge in [0.2, 0.25) is 0 Å². The van der Waals surface area contributed by atoms with Gasteiger partial charge in [0.1, 0.15) is 5.69 Å². The second-order valence-corrected chi connectivity index (χ2v) is 4.90. The molecule has 0 radical (unpaired) electrons. The molecule has 23 heavy (non-hydrogen) atoms. The number of aromatic carboxylic acids is 1. The van der Waals surface area contributed by atoms with Gasteiger partial charge < -0.3 is 15.4 Å². The molecule has 114 valence electrons. The van der Waals surface area contributed by atoms with Crippen molar-refractivity contribution in [3.05, 3.63) is 76.1 Å². The third-order valence-electron chi connectivity index (χ3n) is 3.38. The van der Waals surface area contributed by atoms with Crippen LogP contribution in [0.4, 0.5) is 5.69 Å². The first-order chi connectivity index (χ1) is 11.1. The Morgan fingerprint density at radius 2 is 1.74 bits per heavy atom. The van der Waals surface area contributed by atoms with Gasteiger partial charge in [-0.3, -0.25) is 9.59 Å². The Bertz CT molecular complexity index is 961. The van der Waals surface area contributed by atoms with Crippen LogP contribution in [0.1, 0.15) is 20.8 Å². The minimum Gasteiger partial charge on any atom is -0.477 e. The summed E-state index contributed by atoms with van der Waals surface area (Å²) < 4.78 is 0. The molecule has 0 unspecified atom stereocenters. The fourth-order valence-electron chi connectivity index (χ4n) is 2.28. The van der Waals surface area contributed by atoms with E-state index in [9.17, 15) is 14.4 Å². The number of para-hydroxylation sites is 1. The number of carbonyl (C=O) groups excluding carboxylic acids is 1. The van der Waals surface area contributed by atoms with Crippen LogP contribution in [0.3, 0.4) is 0 Å². The lowest BCUT2D eigenvalue weighted by atomic mass is 10.1. The summed E-state index contributed by atoms with van der Waals surface area (Å²) in [5.41, 5.74) is 0.426. The zero-order valence-electron chi connectivity index (χ0n) is 11.9. The number of hydrogen-bond donors (Lipinski definition) is 3. The zero-order valence-corrected chi connectivity index (χ0v) is 11.9. The lowest BCUT2D eigenvalue weighted by molar-refractivity contribution is 0.0690. The number of carbonyl (C=O) groups is 2. The van der Waals surface area contributed by atoms with E-state index in [1.807, 2.05) is 0 Å². The molecule has 0 bridgehead atoms. The Morgan fingerprint density at radius 3 is 2.43 bits per heavy atom. The number of benzene rings is 2. The Balaban J connectivity index is 2.09. The monoisotopic (exact) mass is 308 g/mol. The van der Waals surface area contributed by atoms with Gasteiger partial charge in [-0.25, -0.2) is 4.79 Å². The van der Waals surface area contributed by atoms with Crippen LogP contribution in [-0.2, 0) is 0 Å². The Morgan fingerprint density at radius 1 is 1.00 bits per heavy atom. The highest BCUT2D eigenvalue weighted by atomic mass is 16.4. The van der Waals surface area contributed by atoms with Crippen molar-refractivity contribution in [3.63, 3.8) is 0 Å². The number of aromatic nitrogens is 1. The summed E-state index contributed by atoms with van der Waals surface area (Å²) in [6, 6.07) is 14.4. The summed E-state index contributed by atoms with van der Waals surface area (Å²) in [5, 5.41) is 12.1. The van der Waals surface area contributed by atoms with Gasteiger partial charge in [-0.1, -0.05) is 24.3 Å². The largest absolute Gasteiger partial charge is 0.477 e. The average Bonchev–Trinajstić information content (AvgIpc) is 2.56. The van der Waals surface area contributed by atoms with Gasteiger partial charge in [0.25, 0.3) is 5.91 Å². The third-order valence-corrected chi connectivity index (χ3v) is 3.38. The number of aromatic amines is 1. The Hall–Kier alpha value is -3.41. The summed E-state index contributed by atoms with van der Waals surface area (Å²) in [6.07, 6.45) is 0. The number of H-pyrrole nitrogens is 1. The molecule has 3 aromatic rings. The number of carboxylic acid groups (broad SMARTS) is 1. The van der Waals surface area contributed by atoms with Crippen molar-refractivity contribution in [2.45, 2.75) is 0 Å². The van der Waals surface area contributed by atoms with E-state index < -0.39 is 11.4 Å². The van der Waals surface area contributed by atoms with E-state index in [1.54, 1.807) is 48.5 Å². The minimum absolute atomic E-state index is 0.232. The van der Waals surface area contributed by atoms with Crippen LogP contribution < -0.4 is 10.7 Å². The van der Waals surface area contributed by atoms with Crippen molar-refractivity contribution < 1.29 is 14.7 Å². The molecule has 0 saturated heterocycles. The third kappa shape index (κ3) is 2.82. The van der Waals surface area contributed by atoms with Gasteiger partial charge in [-0.2, -0.15) is 0 Å². The maximum Gasteiger partial charge on any atom is 0.352 e. The van der Waals surface area contributed by atoms with E-state index in [2.05, 4.69) is 10.3 Å². The quantitative estimate of drug-likeness (QED) is 0.692. The normalized spacial score (nSPS) is 10.4. The number of nitrogens with one attached hydrogen (secondary N) is 2. The van der Waals surface area contributed by atoms with E-state index >= 15 is 0 Å². The standard InChI is InChI=1S/C17H12N2O4/c20-14-9-13(17(22)23)18-15-11(14)7-4-8-12(15)19-16(21)10-5-2-1-3-6-10/h1-9H,(H,18,20)(H,19,21)(H,22,23). The highest BCUT2D eigenvalue weighted by Crippen LogP contribution is 2.20. The van der Waals surface area contributed by atoms with E-state index in [0.717, 1.165) is 6.07 Å². The Labute approximate surface area is 130 Å². The van der Waals surface area contributed by atoms with Crippen LogP contribution in [-0.4, -0.2) is 22.0 Å². The van der Waals surface area contributed by atoms with Gasteiger partial charge >= 0.3 is 5.97 Å². The molecule has 1 aromatic heterocycles. The van der Waals surface area contributed by atoms with Crippen molar-refractivity contribution in [3.8, 4) is 0 Å². The van der Waals surface area contributed by atoms with E-state index in [-0.39, 0.29) is 17.1 Å². The van der Waals surface area contributed by atoms with E-state index in [1.165, 1.54) is 0 Å². The number of amides is 1. The van der Waals surface area contributed by atoms with E-state index in [0.29, 0.717) is 16.6 Å². The highest BCUT2D eigenvalue weighted by molar-refractivity contribution is 6.08. The van der Waals surface area contributed by atoms with Crippen LogP contribution in [0.15, 0.2) is 59.4 Å². The van der Waals surface area contributed by atoms with Crippen LogP contribution in [0, 0.1) is 0 Å². The van der Waals surface area contributed by atoms with Crippen molar-refractivity contribution in [2.75, 3.05) is 5.32 Å². The summed E-state index contributed by atoms with van der Waals surface area (Å²) >= 11 is 0. The number of hydrogen-bond acceptors (Lipinski definition) is 3. The fraction of sp³-hybridized carbons (Fsp3) is 0. The number of pyridine rings is 1. The fourth-order valence-corrected chi connectivity index (χ4v) is 2.28. The number of fused-ring (bicyclic) bond motifs is 1. The second-order valence-electron chi connectivity index (χ2n) is 4.90. The van der Waals surface area contributed by atoms with Crippen LogP contribution in [0.5, 0.6) is 0 Å². The molecule has 3 N–H and O–H groups in total. The molecule has 6 heteroatoms. The molecular formula is C17H12N2O4. The number of anilines is 1. The first-order valence-electron chi connectivity index (χ1n) is 6.82. The molecule has 3 rings (SSSR count). The van der Waals surface area contributed by atoms with Crippen molar-refractivity contribution in [1.29, 1.82) is 0 Å². The molecule has 2 aromatic carbocycles. The molecule has 0 saturated carbocycles. The van der Waals surface area contributed by atoms with Gasteiger partial charge in [-0.05, 0) is 24.3 Å². The van der Waals surface area contributed by atoms with Gasteiger partial charge in [0.15, 0.2) is 5.43 Å². The SMILES string of the molecule is O=C(Nc1cccc2c(=O)cc(C(=O)O)[nH]c12)c1ccccc1. The van der Waals surface area contributed by atoms with E-state index in [4.69, 9.17) is 5.11 Å². The Kier molecular flexibility index (Phi) is 3.64. The van der Waals surface area contributed by atoms with Crippen molar-refractivity contribution in [2.24, 2.45) is 0 Å². The highest BCUT2D eigenvalue weighted by Gasteiger charge is 2.12. The summed E-state index contributed by atoms with van der Waals surface area (Å²) in [4.78, 5) is 38.0. The molecule has 0 spiro atoms. The van der Waals surface area contributed by atoms with Crippen molar-refractivity contribution in [1.82, 2.24) is 4.98 Å². The topological polar surface area (TPSA) is 99.3 Å². The van der Waals surface area contributed by atoms with Gasteiger partial charge in [0.05, 0.1) is 11.2 Å². The molecule has 0 aliphatic heterocycles. The average molecular weight is 308 g/mol. The van der Waals surface area contributed by atoms with Crippen molar-refractivity contribution >= 4 is 28.5 Å². The van der Waals surface area contributed by atoms with Crippen LogP contribution in [0.2, 0.25) is 0 Å². The molecule has 0 aliphatic rings. The smallest absolute Gasteiger partial charge is 0.352 e. The maximum atomic E-state index is 12.2. The molecule has 0 aliphatic carbocycles. The van der Waals surface area contributed by atoms with Gasteiger partial charge in [-0.15, -0.1) is 0 Å². The molecule has 1 amide bonds. The first-order valence-corrected chi connectivity index (χ1v) is 6.82. The molecule has 6 nitrogen and oxygen atoms in total. The molecule has 1 heterocycles. The van der Waals surface area contributed by atoms with Gasteiger partial charge in [0, 0.05) is 17.0 Å². The maximum absolute atomic E-state index is 12.2. The second kappa shape index (κ2) is 5.76. The first kappa shape index (κ1) is 14.5. The number of rotatable bonds is 3. The summed E-state index contributed by atoms with van der Waals surface area (Å²) in [7, 11) is 0. The molecular weight excluding hydrogens is 296 g/mol. The zero-order chi connectivity index (χ0) is 16.4. The summed E-state index contributed by atoms with van der Waals surface area (Å²) in [5.74, 6) is -1.59. The lowest BCUT2D eigenvalue weighted by Crippen LogP contribution is -2.15. The predicted molar refractivity (Wildman–Crippen MR) is 85.9 cm³/mol. The molecule has 0 fully saturated rings. The van der Waals surface area contributed by atoms with Crippen LogP contribution in [0.25, 0.3) is 10.9 Å². The predicted octanol–water partition coefficient (Wildman–Crippen LogP) is 2.48. The minimum atomic E-state index is -1.24. The summed E-state index contributed by atoms with van der Waals surface area (Å²) in [6.45, 7) is 0. The molecule has 0 atom stereocenters.